The van der Waals surface area contributed by atoms with Gasteiger partial charge in [-0.15, -0.1) is 0 Å². The lowest BCUT2D eigenvalue weighted by Crippen LogP contribution is -2.44. The molecule has 6 rings (SSSR count). The van der Waals surface area contributed by atoms with Gasteiger partial charge >= 0.3 is 0 Å². The quantitative estimate of drug-likeness (QED) is 0.473. The Morgan fingerprint density at radius 3 is 2.94 bits per heavy atom. The molecule has 9 heteroatoms. The minimum absolute atomic E-state index is 0.187. The molecule has 32 heavy (non-hydrogen) atoms. The number of aromatic nitrogens is 7. The van der Waals surface area contributed by atoms with Crippen molar-refractivity contribution in [2.75, 3.05) is 24.7 Å². The number of rotatable bonds is 3. The van der Waals surface area contributed by atoms with Crippen LogP contribution in [0, 0.1) is 6.92 Å². The van der Waals surface area contributed by atoms with Crippen molar-refractivity contribution in [1.82, 2.24) is 34.5 Å². The lowest BCUT2D eigenvalue weighted by atomic mass is 10.1. The SMILES string of the molecule is Cc1cnccc1-n1cnc2c(N3CCOC[C@H]3C)nc(-c3ccnc4[nH]ccc34)nc21. The predicted molar refractivity (Wildman–Crippen MR) is 122 cm³/mol. The van der Waals surface area contributed by atoms with Crippen molar-refractivity contribution in [2.24, 2.45) is 0 Å². The molecule has 1 saturated heterocycles. The summed E-state index contributed by atoms with van der Waals surface area (Å²) in [6, 6.07) is 6.13. The van der Waals surface area contributed by atoms with Crippen molar-refractivity contribution in [3.8, 4) is 17.1 Å². The molecule has 0 radical (unpaired) electrons. The lowest BCUT2D eigenvalue weighted by Gasteiger charge is -2.34. The van der Waals surface area contributed by atoms with Crippen LogP contribution in [0.2, 0.25) is 0 Å². The van der Waals surface area contributed by atoms with Gasteiger partial charge in [0.15, 0.2) is 22.8 Å². The number of nitrogens with one attached hydrogen (secondary N) is 1. The van der Waals surface area contributed by atoms with E-state index in [2.05, 4.69) is 26.8 Å². The number of fused-ring (bicyclic) bond motifs is 2. The maximum atomic E-state index is 5.67. The maximum Gasteiger partial charge on any atom is 0.170 e. The van der Waals surface area contributed by atoms with E-state index in [-0.39, 0.29) is 6.04 Å². The molecule has 0 aliphatic carbocycles. The van der Waals surface area contributed by atoms with Gasteiger partial charge in [0.2, 0.25) is 0 Å². The third-order valence-corrected chi connectivity index (χ3v) is 5.97. The largest absolute Gasteiger partial charge is 0.377 e. The zero-order valence-electron chi connectivity index (χ0n) is 17.9. The van der Waals surface area contributed by atoms with Crippen LogP contribution in [0.3, 0.4) is 0 Å². The number of hydrogen-bond donors (Lipinski definition) is 1. The van der Waals surface area contributed by atoms with Gasteiger partial charge in [-0.2, -0.15) is 0 Å². The molecule has 1 atom stereocenters. The molecule has 0 unspecified atom stereocenters. The molecule has 5 aromatic rings. The highest BCUT2D eigenvalue weighted by Gasteiger charge is 2.26. The van der Waals surface area contributed by atoms with Crippen molar-refractivity contribution in [1.29, 1.82) is 0 Å². The highest BCUT2D eigenvalue weighted by atomic mass is 16.5. The van der Waals surface area contributed by atoms with Crippen LogP contribution in [-0.2, 0) is 4.74 Å². The summed E-state index contributed by atoms with van der Waals surface area (Å²) < 4.78 is 7.68. The second-order valence-corrected chi connectivity index (χ2v) is 8.04. The Morgan fingerprint density at radius 2 is 2.06 bits per heavy atom. The van der Waals surface area contributed by atoms with Crippen LogP contribution in [0.1, 0.15) is 12.5 Å². The normalized spacial score (nSPS) is 16.8. The zero-order chi connectivity index (χ0) is 21.7. The average molecular weight is 426 g/mol. The van der Waals surface area contributed by atoms with Gasteiger partial charge in [0.1, 0.15) is 12.0 Å². The number of imidazole rings is 1. The number of H-pyrrole nitrogens is 1. The molecule has 0 spiro atoms. The summed E-state index contributed by atoms with van der Waals surface area (Å²) in [5.74, 6) is 1.47. The molecule has 1 aliphatic heterocycles. The first kappa shape index (κ1) is 18.9. The van der Waals surface area contributed by atoms with Gasteiger partial charge in [0.05, 0.1) is 24.9 Å². The maximum absolute atomic E-state index is 5.67. The van der Waals surface area contributed by atoms with E-state index in [1.54, 1.807) is 12.4 Å². The Bertz CT molecular complexity index is 1440. The molecule has 9 nitrogen and oxygen atoms in total. The molecule has 1 aliphatic rings. The molecule has 1 N–H and O–H groups in total. The number of nitrogens with zero attached hydrogens (tertiary/aromatic N) is 7. The monoisotopic (exact) mass is 426 g/mol. The summed E-state index contributed by atoms with van der Waals surface area (Å²) in [4.78, 5) is 28.9. The summed E-state index contributed by atoms with van der Waals surface area (Å²) in [5, 5.41) is 0.985. The first-order valence-electron chi connectivity index (χ1n) is 10.6. The third-order valence-electron chi connectivity index (χ3n) is 5.97. The summed E-state index contributed by atoms with van der Waals surface area (Å²) in [6.07, 6.45) is 9.12. The van der Waals surface area contributed by atoms with Gasteiger partial charge in [0, 0.05) is 42.3 Å². The minimum atomic E-state index is 0.187. The molecule has 0 amide bonds. The van der Waals surface area contributed by atoms with Crippen molar-refractivity contribution >= 4 is 28.0 Å². The van der Waals surface area contributed by atoms with Crippen LogP contribution in [-0.4, -0.2) is 60.3 Å². The third kappa shape index (κ3) is 2.93. The number of pyridine rings is 2. The highest BCUT2D eigenvalue weighted by molar-refractivity contribution is 5.94. The van der Waals surface area contributed by atoms with E-state index < -0.39 is 0 Å². The average Bonchev–Trinajstić information content (AvgIpc) is 3.46. The molecule has 0 bridgehead atoms. The fourth-order valence-electron chi connectivity index (χ4n) is 4.32. The second kappa shape index (κ2) is 7.38. The van der Waals surface area contributed by atoms with E-state index in [4.69, 9.17) is 19.7 Å². The van der Waals surface area contributed by atoms with Gasteiger partial charge in [-0.25, -0.2) is 19.9 Å². The number of anilines is 1. The number of aryl methyl sites for hydroxylation is 1. The van der Waals surface area contributed by atoms with Gasteiger partial charge in [-0.05, 0) is 37.6 Å². The van der Waals surface area contributed by atoms with Gasteiger partial charge in [-0.3, -0.25) is 9.55 Å². The van der Waals surface area contributed by atoms with Crippen molar-refractivity contribution in [3.05, 3.63) is 54.9 Å². The van der Waals surface area contributed by atoms with Gasteiger partial charge < -0.3 is 14.6 Å². The van der Waals surface area contributed by atoms with Crippen LogP contribution in [0.4, 0.5) is 5.82 Å². The first-order valence-corrected chi connectivity index (χ1v) is 10.6. The summed E-state index contributed by atoms with van der Waals surface area (Å²) in [6.45, 7) is 6.25. The van der Waals surface area contributed by atoms with Crippen LogP contribution in [0.15, 0.2) is 49.3 Å². The Hall–Kier alpha value is -3.85. The van der Waals surface area contributed by atoms with Gasteiger partial charge in [-0.1, -0.05) is 0 Å². The molecular weight excluding hydrogens is 404 g/mol. The summed E-state index contributed by atoms with van der Waals surface area (Å²) in [5.41, 5.74) is 5.32. The smallest absolute Gasteiger partial charge is 0.170 e. The minimum Gasteiger partial charge on any atom is -0.377 e. The first-order chi connectivity index (χ1) is 15.7. The molecule has 0 aromatic carbocycles. The molecular formula is C23H22N8O. The van der Waals surface area contributed by atoms with E-state index >= 15 is 0 Å². The Balaban J connectivity index is 1.64. The van der Waals surface area contributed by atoms with Crippen LogP contribution < -0.4 is 4.90 Å². The molecule has 0 saturated carbocycles. The van der Waals surface area contributed by atoms with Gasteiger partial charge in [0.25, 0.3) is 0 Å². The van der Waals surface area contributed by atoms with E-state index in [0.717, 1.165) is 51.4 Å². The number of ether oxygens (including phenoxy) is 1. The summed E-state index contributed by atoms with van der Waals surface area (Å²) >= 11 is 0. The Labute approximate surface area is 184 Å². The van der Waals surface area contributed by atoms with E-state index in [1.165, 1.54) is 0 Å². The highest BCUT2D eigenvalue weighted by Crippen LogP contribution is 2.32. The van der Waals surface area contributed by atoms with Crippen molar-refractivity contribution in [2.45, 2.75) is 19.9 Å². The standard InChI is InChI=1S/C23H22N8O/c1-14-11-24-6-5-18(14)31-13-27-19-22(30-9-10-32-12-15(30)2)28-21(29-23(19)31)17-4-8-26-20-16(17)3-7-25-20/h3-8,11,13,15H,9-10,12H2,1-2H3,(H,25,26)/t15-/m1/s1. The number of morpholine rings is 1. The lowest BCUT2D eigenvalue weighted by molar-refractivity contribution is 0.0987. The Morgan fingerprint density at radius 1 is 1.12 bits per heavy atom. The Kier molecular flexibility index (Phi) is 4.36. The van der Waals surface area contributed by atoms with E-state index in [1.807, 2.05) is 48.4 Å². The van der Waals surface area contributed by atoms with Crippen LogP contribution in [0.25, 0.3) is 39.3 Å². The zero-order valence-corrected chi connectivity index (χ0v) is 17.9. The summed E-state index contributed by atoms with van der Waals surface area (Å²) in [7, 11) is 0. The predicted octanol–water partition coefficient (Wildman–Crippen LogP) is 3.29. The topological polar surface area (TPSA) is 97.6 Å². The number of aromatic amines is 1. The van der Waals surface area contributed by atoms with Crippen LogP contribution >= 0.6 is 0 Å². The van der Waals surface area contributed by atoms with E-state index in [0.29, 0.717) is 19.0 Å². The van der Waals surface area contributed by atoms with Crippen LogP contribution in [0.5, 0.6) is 0 Å². The number of hydrogen-bond acceptors (Lipinski definition) is 7. The fraction of sp³-hybridized carbons (Fsp3) is 0.261. The van der Waals surface area contributed by atoms with Crippen molar-refractivity contribution < 1.29 is 4.74 Å². The molecule has 1 fully saturated rings. The fourth-order valence-corrected chi connectivity index (χ4v) is 4.32. The molecule has 160 valence electrons. The van der Waals surface area contributed by atoms with Crippen molar-refractivity contribution in [3.63, 3.8) is 0 Å². The van der Waals surface area contributed by atoms with E-state index in [9.17, 15) is 0 Å². The molecule has 5 aromatic heterocycles. The molecule has 6 heterocycles. The second-order valence-electron chi connectivity index (χ2n) is 8.04.